The Morgan fingerprint density at radius 3 is 2.62 bits per heavy atom. The predicted molar refractivity (Wildman–Crippen MR) is 103 cm³/mol. The minimum Gasteiger partial charge on any atom is -0.447 e. The Morgan fingerprint density at radius 1 is 1.24 bits per heavy atom. The van der Waals surface area contributed by atoms with Crippen molar-refractivity contribution >= 4 is 11.6 Å². The number of halogens is 3. The zero-order chi connectivity index (χ0) is 21.0. The molecule has 1 aliphatic rings. The van der Waals surface area contributed by atoms with Gasteiger partial charge in [-0.1, -0.05) is 19.9 Å². The molecule has 9 heteroatoms. The van der Waals surface area contributed by atoms with Gasteiger partial charge in [0.2, 0.25) is 5.89 Å². The van der Waals surface area contributed by atoms with Crippen LogP contribution in [0.2, 0.25) is 0 Å². The molecule has 1 amide bonds. The number of alkyl halides is 3. The van der Waals surface area contributed by atoms with Crippen LogP contribution in [0.5, 0.6) is 0 Å². The van der Waals surface area contributed by atoms with Gasteiger partial charge in [-0.05, 0) is 24.1 Å². The van der Waals surface area contributed by atoms with Crippen molar-refractivity contribution in [2.45, 2.75) is 26.6 Å². The molecule has 2 heterocycles. The zero-order valence-electron chi connectivity index (χ0n) is 16.5. The number of hydrogen-bond acceptors (Lipinski definition) is 5. The lowest BCUT2D eigenvalue weighted by atomic mass is 10.1. The summed E-state index contributed by atoms with van der Waals surface area (Å²) in [5, 5.41) is 2.79. The fraction of sp³-hybridized carbons (Fsp3) is 0.500. The molecule has 6 nitrogen and oxygen atoms in total. The first kappa shape index (κ1) is 21.2. The van der Waals surface area contributed by atoms with Crippen molar-refractivity contribution in [1.82, 2.24) is 15.2 Å². The summed E-state index contributed by atoms with van der Waals surface area (Å²) < 4.78 is 44.1. The number of nitrogens with one attached hydrogen (secondary N) is 1. The van der Waals surface area contributed by atoms with E-state index in [0.29, 0.717) is 56.8 Å². The Kier molecular flexibility index (Phi) is 6.46. The van der Waals surface area contributed by atoms with Crippen LogP contribution in [-0.4, -0.2) is 48.5 Å². The van der Waals surface area contributed by atoms with E-state index in [1.807, 2.05) is 18.7 Å². The minimum absolute atomic E-state index is 0.253. The van der Waals surface area contributed by atoms with E-state index >= 15 is 0 Å². The number of hydrogen-bond donors (Lipinski definition) is 1. The number of piperazine rings is 1. The van der Waals surface area contributed by atoms with Crippen molar-refractivity contribution in [2.75, 3.05) is 37.6 Å². The molecule has 1 aliphatic heterocycles. The average Bonchev–Trinajstić information content (AvgIpc) is 3.15. The number of carbonyl (C=O) groups is 1. The largest absolute Gasteiger partial charge is 0.447 e. The van der Waals surface area contributed by atoms with Crippen LogP contribution in [0.25, 0.3) is 0 Å². The summed E-state index contributed by atoms with van der Waals surface area (Å²) in [6.45, 7) is 7.56. The second-order valence-electron chi connectivity index (χ2n) is 7.54. The quantitative estimate of drug-likeness (QED) is 0.791. The molecule has 0 radical (unpaired) electrons. The molecule has 0 spiro atoms. The van der Waals surface area contributed by atoms with Crippen molar-refractivity contribution in [3.8, 4) is 0 Å². The molecule has 1 fully saturated rings. The third-order valence-electron chi connectivity index (χ3n) is 4.73. The maximum Gasteiger partial charge on any atom is 0.416 e. The van der Waals surface area contributed by atoms with Crippen LogP contribution in [0.4, 0.5) is 18.9 Å². The SMILES string of the molecule is CC(C)CNC(=O)c1coc(CN2CCN(c3cccc(C(F)(F)F)c3)CC2)n1. The summed E-state index contributed by atoms with van der Waals surface area (Å²) in [5.74, 6) is 0.536. The van der Waals surface area contributed by atoms with Gasteiger partial charge in [0, 0.05) is 38.4 Å². The van der Waals surface area contributed by atoms with Crippen molar-refractivity contribution < 1.29 is 22.4 Å². The highest BCUT2D eigenvalue weighted by molar-refractivity contribution is 5.91. The molecule has 1 N–H and O–H groups in total. The average molecular weight is 410 g/mol. The number of rotatable bonds is 6. The molecule has 0 bridgehead atoms. The van der Waals surface area contributed by atoms with Gasteiger partial charge in [-0.3, -0.25) is 9.69 Å². The van der Waals surface area contributed by atoms with Crippen LogP contribution in [0, 0.1) is 5.92 Å². The number of aromatic nitrogens is 1. The summed E-state index contributed by atoms with van der Waals surface area (Å²) in [5.41, 5.74) is 0.184. The van der Waals surface area contributed by atoms with E-state index in [4.69, 9.17) is 4.42 Å². The predicted octanol–water partition coefficient (Wildman–Crippen LogP) is 3.40. The summed E-state index contributed by atoms with van der Waals surface area (Å²) in [7, 11) is 0. The number of nitrogens with zero attached hydrogens (tertiary/aromatic N) is 3. The van der Waals surface area contributed by atoms with Crippen LogP contribution in [-0.2, 0) is 12.7 Å². The molecule has 0 saturated carbocycles. The first-order chi connectivity index (χ1) is 13.7. The highest BCUT2D eigenvalue weighted by atomic mass is 19.4. The summed E-state index contributed by atoms with van der Waals surface area (Å²) >= 11 is 0. The van der Waals surface area contributed by atoms with E-state index < -0.39 is 11.7 Å². The third-order valence-corrected chi connectivity index (χ3v) is 4.73. The fourth-order valence-corrected chi connectivity index (χ4v) is 3.11. The number of oxazole rings is 1. The Labute approximate surface area is 167 Å². The lowest BCUT2D eigenvalue weighted by Gasteiger charge is -2.35. The van der Waals surface area contributed by atoms with Gasteiger partial charge < -0.3 is 14.6 Å². The highest BCUT2D eigenvalue weighted by Crippen LogP contribution is 2.31. The van der Waals surface area contributed by atoms with Crippen molar-refractivity contribution in [3.63, 3.8) is 0 Å². The van der Waals surface area contributed by atoms with Crippen molar-refractivity contribution in [1.29, 1.82) is 0 Å². The van der Waals surface area contributed by atoms with Gasteiger partial charge >= 0.3 is 6.18 Å². The Morgan fingerprint density at radius 2 is 1.97 bits per heavy atom. The lowest BCUT2D eigenvalue weighted by Crippen LogP contribution is -2.46. The van der Waals surface area contributed by atoms with Crippen molar-refractivity contribution in [2.24, 2.45) is 5.92 Å². The van der Waals surface area contributed by atoms with E-state index in [9.17, 15) is 18.0 Å². The molecule has 0 atom stereocenters. The van der Waals surface area contributed by atoms with E-state index in [0.717, 1.165) is 6.07 Å². The topological polar surface area (TPSA) is 61.6 Å². The van der Waals surface area contributed by atoms with Crippen LogP contribution < -0.4 is 10.2 Å². The van der Waals surface area contributed by atoms with Gasteiger partial charge in [0.15, 0.2) is 5.69 Å². The maximum absolute atomic E-state index is 12.9. The van der Waals surface area contributed by atoms with Gasteiger partial charge in [0.05, 0.1) is 12.1 Å². The van der Waals surface area contributed by atoms with Crippen molar-refractivity contribution in [3.05, 3.63) is 47.7 Å². The molecule has 0 unspecified atom stereocenters. The van der Waals surface area contributed by atoms with Gasteiger partial charge in [-0.2, -0.15) is 13.2 Å². The molecule has 1 aromatic heterocycles. The summed E-state index contributed by atoms with van der Waals surface area (Å²) in [6.07, 6.45) is -2.99. The van der Waals surface area contributed by atoms with Crippen LogP contribution in [0.1, 0.15) is 35.8 Å². The van der Waals surface area contributed by atoms with E-state index in [1.165, 1.54) is 18.4 Å². The highest BCUT2D eigenvalue weighted by Gasteiger charge is 2.31. The standard InChI is InChI=1S/C20H25F3N4O2/c1-14(2)11-24-19(28)17-13-29-18(25-17)12-26-6-8-27(9-7-26)16-5-3-4-15(10-16)20(21,22)23/h3-5,10,13-14H,6-9,11-12H2,1-2H3,(H,24,28). The maximum atomic E-state index is 12.9. The number of carbonyl (C=O) groups excluding carboxylic acids is 1. The molecule has 0 aliphatic carbocycles. The lowest BCUT2D eigenvalue weighted by molar-refractivity contribution is -0.137. The monoisotopic (exact) mass is 410 g/mol. The Hall–Kier alpha value is -2.55. The molecule has 1 saturated heterocycles. The van der Waals surface area contributed by atoms with Crippen LogP contribution >= 0.6 is 0 Å². The van der Waals surface area contributed by atoms with Gasteiger partial charge in [0.25, 0.3) is 5.91 Å². The minimum atomic E-state index is -4.35. The number of benzene rings is 1. The Balaban J connectivity index is 1.52. The van der Waals surface area contributed by atoms with Gasteiger partial charge in [-0.15, -0.1) is 0 Å². The molecule has 1 aromatic carbocycles. The second kappa shape index (κ2) is 8.86. The first-order valence-corrected chi connectivity index (χ1v) is 9.59. The fourth-order valence-electron chi connectivity index (χ4n) is 3.11. The Bertz CT molecular complexity index is 827. The number of amides is 1. The molecular formula is C20H25F3N4O2. The number of anilines is 1. The van der Waals surface area contributed by atoms with E-state index in [-0.39, 0.29) is 11.6 Å². The molecule has 158 valence electrons. The molecule has 2 aromatic rings. The molecule has 3 rings (SSSR count). The second-order valence-corrected chi connectivity index (χ2v) is 7.54. The van der Waals surface area contributed by atoms with E-state index in [2.05, 4.69) is 15.2 Å². The third kappa shape index (κ3) is 5.72. The first-order valence-electron chi connectivity index (χ1n) is 9.59. The van der Waals surface area contributed by atoms with Gasteiger partial charge in [0.1, 0.15) is 6.26 Å². The molecule has 29 heavy (non-hydrogen) atoms. The normalized spacial score (nSPS) is 15.7. The van der Waals surface area contributed by atoms with Crippen LogP contribution in [0.15, 0.2) is 34.9 Å². The van der Waals surface area contributed by atoms with Crippen LogP contribution in [0.3, 0.4) is 0 Å². The smallest absolute Gasteiger partial charge is 0.416 e. The summed E-state index contributed by atoms with van der Waals surface area (Å²) in [4.78, 5) is 20.3. The summed E-state index contributed by atoms with van der Waals surface area (Å²) in [6, 6.07) is 5.40. The zero-order valence-corrected chi connectivity index (χ0v) is 16.5. The molecular weight excluding hydrogens is 385 g/mol. The van der Waals surface area contributed by atoms with Gasteiger partial charge in [-0.25, -0.2) is 4.98 Å². The van der Waals surface area contributed by atoms with E-state index in [1.54, 1.807) is 6.07 Å².